The molecule has 1 heterocycles. The van der Waals surface area contributed by atoms with Crippen LogP contribution in [-0.4, -0.2) is 17.4 Å². The largest absolute Gasteiger partial charge is 0.457 e. The van der Waals surface area contributed by atoms with Gasteiger partial charge in [0.25, 0.3) is 5.91 Å². The van der Waals surface area contributed by atoms with Crippen LogP contribution in [0, 0.1) is 6.92 Å². The Morgan fingerprint density at radius 3 is 2.82 bits per heavy atom. The summed E-state index contributed by atoms with van der Waals surface area (Å²) in [4.78, 5) is 15.7. The second-order valence-electron chi connectivity index (χ2n) is 7.46. The summed E-state index contributed by atoms with van der Waals surface area (Å²) in [5.41, 5.74) is 4.14. The lowest BCUT2D eigenvalue weighted by Crippen LogP contribution is -2.25. The molecule has 0 fully saturated rings. The Morgan fingerprint density at radius 2 is 2.00 bits per heavy atom. The Bertz CT molecular complexity index is 1020. The molecular formula is C24H26N2O2. The molecule has 144 valence electrons. The molecule has 1 aromatic heterocycles. The molecule has 4 nitrogen and oxygen atoms in total. The Balaban J connectivity index is 1.40. The third-order valence-electron chi connectivity index (χ3n) is 5.18. The third kappa shape index (κ3) is 4.45. The summed E-state index contributed by atoms with van der Waals surface area (Å²) >= 11 is 0. The molecular weight excluding hydrogens is 348 g/mol. The van der Waals surface area contributed by atoms with Gasteiger partial charge in [-0.15, -0.1) is 0 Å². The first-order valence-electron chi connectivity index (χ1n) is 10.0. The van der Waals surface area contributed by atoms with Crippen LogP contribution in [0.4, 0.5) is 0 Å². The summed E-state index contributed by atoms with van der Waals surface area (Å²) in [7, 11) is 0. The summed E-state index contributed by atoms with van der Waals surface area (Å²) in [5, 5.41) is 3.99. The second-order valence-corrected chi connectivity index (χ2v) is 7.46. The summed E-state index contributed by atoms with van der Waals surface area (Å²) in [6.07, 6.45) is 8.19. The Labute approximate surface area is 165 Å². The Hall–Kier alpha value is -3.01. The van der Waals surface area contributed by atoms with Gasteiger partial charge in [0.2, 0.25) is 0 Å². The fourth-order valence-corrected chi connectivity index (χ4v) is 3.67. The molecule has 1 aliphatic rings. The number of aryl methyl sites for hydroxylation is 1. The highest BCUT2D eigenvalue weighted by Gasteiger charge is 2.11. The molecule has 1 aliphatic carbocycles. The first-order chi connectivity index (χ1) is 13.7. The van der Waals surface area contributed by atoms with Gasteiger partial charge in [0.1, 0.15) is 17.2 Å². The molecule has 0 atom stereocenters. The molecule has 0 radical (unpaired) electrons. The molecule has 4 heteroatoms. The van der Waals surface area contributed by atoms with Crippen LogP contribution in [0.25, 0.3) is 10.9 Å². The van der Waals surface area contributed by atoms with Crippen LogP contribution in [0.2, 0.25) is 0 Å². The number of hydrogen-bond donors (Lipinski definition) is 2. The maximum atomic E-state index is 12.5. The van der Waals surface area contributed by atoms with E-state index in [1.165, 1.54) is 31.3 Å². The van der Waals surface area contributed by atoms with Crippen LogP contribution in [0.5, 0.6) is 11.5 Å². The average Bonchev–Trinajstić information content (AvgIpc) is 3.12. The second kappa shape index (κ2) is 8.34. The number of amides is 1. The summed E-state index contributed by atoms with van der Waals surface area (Å²) < 4.78 is 5.95. The molecule has 2 N–H and O–H groups in total. The molecule has 0 saturated heterocycles. The van der Waals surface area contributed by atoms with Gasteiger partial charge in [-0.05, 0) is 81.0 Å². The predicted molar refractivity (Wildman–Crippen MR) is 113 cm³/mol. The minimum atomic E-state index is -0.0613. The average molecular weight is 374 g/mol. The predicted octanol–water partition coefficient (Wildman–Crippen LogP) is 5.89. The number of aromatic nitrogens is 1. The number of ether oxygens (including phenoxy) is 1. The van der Waals surface area contributed by atoms with Gasteiger partial charge in [0, 0.05) is 17.4 Å². The summed E-state index contributed by atoms with van der Waals surface area (Å²) in [6, 6.07) is 15.7. The number of carbonyl (C=O) groups excluding carboxylic acids is 1. The first-order valence-corrected chi connectivity index (χ1v) is 10.0. The SMILES string of the molecule is Cc1cccc(Oc2ccc3[nH]c(C(=O)NCCC4=CCCCC4)cc3c2)c1. The monoisotopic (exact) mass is 374 g/mol. The lowest BCUT2D eigenvalue weighted by Gasteiger charge is -2.12. The van der Waals surface area contributed by atoms with Gasteiger partial charge in [-0.2, -0.15) is 0 Å². The van der Waals surface area contributed by atoms with Crippen molar-refractivity contribution in [2.45, 2.75) is 39.0 Å². The van der Waals surface area contributed by atoms with Gasteiger partial charge in [-0.25, -0.2) is 0 Å². The Kier molecular flexibility index (Phi) is 5.47. The van der Waals surface area contributed by atoms with Crippen molar-refractivity contribution in [3.63, 3.8) is 0 Å². The van der Waals surface area contributed by atoms with Crippen molar-refractivity contribution in [2.24, 2.45) is 0 Å². The van der Waals surface area contributed by atoms with Crippen molar-refractivity contribution < 1.29 is 9.53 Å². The van der Waals surface area contributed by atoms with Gasteiger partial charge >= 0.3 is 0 Å². The molecule has 4 rings (SSSR count). The fourth-order valence-electron chi connectivity index (χ4n) is 3.67. The van der Waals surface area contributed by atoms with Gasteiger partial charge in [0.15, 0.2) is 0 Å². The maximum absolute atomic E-state index is 12.5. The zero-order valence-electron chi connectivity index (χ0n) is 16.3. The van der Waals surface area contributed by atoms with E-state index in [4.69, 9.17) is 4.74 Å². The summed E-state index contributed by atoms with van der Waals surface area (Å²) in [5.74, 6) is 1.51. The van der Waals surface area contributed by atoms with E-state index < -0.39 is 0 Å². The lowest BCUT2D eigenvalue weighted by molar-refractivity contribution is 0.0950. The van der Waals surface area contributed by atoms with Crippen LogP contribution in [0.1, 0.15) is 48.2 Å². The minimum absolute atomic E-state index is 0.0613. The summed E-state index contributed by atoms with van der Waals surface area (Å²) in [6.45, 7) is 2.72. The van der Waals surface area contributed by atoms with Crippen molar-refractivity contribution in [3.8, 4) is 11.5 Å². The number of H-pyrrole nitrogens is 1. The van der Waals surface area contributed by atoms with E-state index in [1.54, 1.807) is 0 Å². The molecule has 2 aromatic carbocycles. The number of rotatable bonds is 6. The standard InChI is InChI=1S/C24H26N2O2/c1-17-6-5-9-20(14-17)28-21-10-11-22-19(15-21)16-23(26-22)24(27)25-13-12-18-7-3-2-4-8-18/h5-7,9-11,14-16,26H,2-4,8,12-13H2,1H3,(H,25,27). The highest BCUT2D eigenvalue weighted by atomic mass is 16.5. The quantitative estimate of drug-likeness (QED) is 0.529. The van der Waals surface area contributed by atoms with E-state index in [1.807, 2.05) is 55.5 Å². The molecule has 3 aromatic rings. The zero-order chi connectivity index (χ0) is 19.3. The third-order valence-corrected chi connectivity index (χ3v) is 5.18. The number of benzene rings is 2. The first kappa shape index (κ1) is 18.4. The van der Waals surface area contributed by atoms with Gasteiger partial charge in [-0.1, -0.05) is 23.8 Å². The minimum Gasteiger partial charge on any atom is -0.457 e. The molecule has 1 amide bonds. The molecule has 0 spiro atoms. The van der Waals surface area contributed by atoms with Crippen LogP contribution < -0.4 is 10.1 Å². The number of aromatic amines is 1. The topological polar surface area (TPSA) is 54.1 Å². The van der Waals surface area contributed by atoms with E-state index in [9.17, 15) is 4.79 Å². The van der Waals surface area contributed by atoms with E-state index in [0.717, 1.165) is 34.4 Å². The number of carbonyl (C=O) groups is 1. The highest BCUT2D eigenvalue weighted by Crippen LogP contribution is 2.26. The van der Waals surface area contributed by atoms with Crippen LogP contribution in [-0.2, 0) is 0 Å². The normalized spacial score (nSPS) is 14.0. The molecule has 0 saturated carbocycles. The van der Waals surface area contributed by atoms with Gasteiger partial charge in [0.05, 0.1) is 0 Å². The van der Waals surface area contributed by atoms with Crippen molar-refractivity contribution in [1.29, 1.82) is 0 Å². The maximum Gasteiger partial charge on any atom is 0.267 e. The van der Waals surface area contributed by atoms with Gasteiger partial charge < -0.3 is 15.0 Å². The van der Waals surface area contributed by atoms with Gasteiger partial charge in [-0.3, -0.25) is 4.79 Å². The van der Waals surface area contributed by atoms with Crippen LogP contribution in [0.3, 0.4) is 0 Å². The van der Waals surface area contributed by atoms with Crippen LogP contribution in [0.15, 0.2) is 60.2 Å². The highest BCUT2D eigenvalue weighted by molar-refractivity contribution is 5.98. The zero-order valence-corrected chi connectivity index (χ0v) is 16.3. The van der Waals surface area contributed by atoms with E-state index >= 15 is 0 Å². The van der Waals surface area contributed by atoms with E-state index in [-0.39, 0.29) is 5.91 Å². The van der Waals surface area contributed by atoms with Crippen LogP contribution >= 0.6 is 0 Å². The van der Waals surface area contributed by atoms with E-state index in [2.05, 4.69) is 16.4 Å². The number of hydrogen-bond acceptors (Lipinski definition) is 2. The van der Waals surface area contributed by atoms with Crippen molar-refractivity contribution in [2.75, 3.05) is 6.54 Å². The number of allylic oxidation sites excluding steroid dienone is 1. The van der Waals surface area contributed by atoms with Crippen molar-refractivity contribution >= 4 is 16.8 Å². The van der Waals surface area contributed by atoms with Crippen molar-refractivity contribution in [3.05, 3.63) is 71.4 Å². The number of fused-ring (bicyclic) bond motifs is 1. The fraction of sp³-hybridized carbons (Fsp3) is 0.292. The molecule has 0 bridgehead atoms. The number of nitrogens with one attached hydrogen (secondary N) is 2. The Morgan fingerprint density at radius 1 is 1.11 bits per heavy atom. The molecule has 0 unspecified atom stereocenters. The lowest BCUT2D eigenvalue weighted by atomic mass is 9.97. The molecule has 28 heavy (non-hydrogen) atoms. The smallest absolute Gasteiger partial charge is 0.267 e. The van der Waals surface area contributed by atoms with Crippen molar-refractivity contribution in [1.82, 2.24) is 10.3 Å². The van der Waals surface area contributed by atoms with E-state index in [0.29, 0.717) is 12.2 Å². The molecule has 0 aliphatic heterocycles.